The van der Waals surface area contributed by atoms with Crippen LogP contribution in [0.1, 0.15) is 119 Å². The Morgan fingerprint density at radius 2 is 1.58 bits per heavy atom. The van der Waals surface area contributed by atoms with Gasteiger partial charge in [0.15, 0.2) is 24.3 Å². The Balaban J connectivity index is 1.70. The molecule has 4 rings (SSSR count). The first kappa shape index (κ1) is 59.5. The fraction of sp³-hybridized carbons (Fsp3) is 0.769. The molecule has 3 saturated heterocycles. The van der Waals surface area contributed by atoms with Crippen LogP contribution in [0.15, 0.2) is 30.3 Å². The van der Waals surface area contributed by atoms with Crippen molar-refractivity contribution >= 4 is 36.1 Å². The van der Waals surface area contributed by atoms with Crippen LogP contribution in [0, 0.1) is 11.8 Å². The van der Waals surface area contributed by atoms with Crippen LogP contribution in [-0.4, -0.2) is 178 Å². The van der Waals surface area contributed by atoms with E-state index in [4.69, 9.17) is 47.4 Å². The summed E-state index contributed by atoms with van der Waals surface area (Å²) in [4.78, 5) is 81.0. The molecule has 0 saturated carbocycles. The summed E-state index contributed by atoms with van der Waals surface area (Å²) in [6.07, 6.45) is -7.86. The molecular weight excluding hydrogens is 925 g/mol. The normalized spacial score (nSPS) is 33.7. The van der Waals surface area contributed by atoms with Gasteiger partial charge >= 0.3 is 29.8 Å². The zero-order valence-electron chi connectivity index (χ0n) is 43.8. The molecular formula is C52H82N2O17. The van der Waals surface area contributed by atoms with Crippen molar-refractivity contribution in [2.75, 3.05) is 47.4 Å². The third kappa shape index (κ3) is 17.8. The summed E-state index contributed by atoms with van der Waals surface area (Å²) >= 11 is 0. The van der Waals surface area contributed by atoms with Crippen molar-refractivity contribution < 1.29 is 81.2 Å². The molecule has 0 spiro atoms. The van der Waals surface area contributed by atoms with Gasteiger partial charge in [0.25, 0.3) is 0 Å². The van der Waals surface area contributed by atoms with Crippen LogP contribution >= 0.6 is 0 Å². The number of likely N-dealkylation sites (N-methyl/N-ethyl adjacent to an activating group) is 1. The number of aliphatic hydroxyl groups is 1. The molecule has 15 atom stereocenters. The van der Waals surface area contributed by atoms with Crippen molar-refractivity contribution in [1.29, 1.82) is 0 Å². The molecule has 1 N–H and O–H groups in total. The Hall–Kier alpha value is -4.08. The lowest BCUT2D eigenvalue weighted by Gasteiger charge is -2.50. The van der Waals surface area contributed by atoms with E-state index in [1.807, 2.05) is 25.1 Å². The molecule has 0 radical (unpaired) electrons. The summed E-state index contributed by atoms with van der Waals surface area (Å²) in [6.45, 7) is 14.6. The summed E-state index contributed by atoms with van der Waals surface area (Å²) in [5.74, 6) is -3.92. The minimum atomic E-state index is -1.44. The van der Waals surface area contributed by atoms with Gasteiger partial charge in [0, 0.05) is 59.7 Å². The summed E-state index contributed by atoms with van der Waals surface area (Å²) in [5.41, 5.74) is -0.0925. The Morgan fingerprint density at radius 1 is 0.887 bits per heavy atom. The molecule has 1 aromatic rings. The molecule has 0 aromatic heterocycles. The predicted molar refractivity (Wildman–Crippen MR) is 257 cm³/mol. The molecule has 3 fully saturated rings. The van der Waals surface area contributed by atoms with E-state index in [1.54, 1.807) is 53.6 Å². The molecule has 5 unspecified atom stereocenters. The molecule has 402 valence electrons. The molecule has 0 aliphatic carbocycles. The van der Waals surface area contributed by atoms with Crippen molar-refractivity contribution in [3.05, 3.63) is 35.9 Å². The number of aryl methyl sites for hydroxylation is 1. The second-order valence-corrected chi connectivity index (χ2v) is 19.6. The third-order valence-electron chi connectivity index (χ3n) is 13.6. The summed E-state index contributed by atoms with van der Waals surface area (Å²) < 4.78 is 61.6. The maximum absolute atomic E-state index is 13.6. The smallest absolute Gasteiger partial charge is 0.309 e. The van der Waals surface area contributed by atoms with Gasteiger partial charge in [-0.15, -0.1) is 0 Å². The van der Waals surface area contributed by atoms with E-state index in [-0.39, 0.29) is 44.6 Å². The molecule has 0 amide bonds. The van der Waals surface area contributed by atoms with Gasteiger partial charge in [-0.2, -0.15) is 0 Å². The fourth-order valence-corrected chi connectivity index (χ4v) is 10.1. The van der Waals surface area contributed by atoms with Crippen LogP contribution < -0.4 is 0 Å². The number of hydrogen-bond donors (Lipinski definition) is 1. The highest BCUT2D eigenvalue weighted by Crippen LogP contribution is 2.39. The highest BCUT2D eigenvalue weighted by Gasteiger charge is 2.54. The summed E-state index contributed by atoms with van der Waals surface area (Å²) in [7, 11) is 4.88. The largest absolute Gasteiger partial charge is 0.466 e. The first-order chi connectivity index (χ1) is 33.7. The number of carbonyl (C=O) groups is 6. The lowest BCUT2D eigenvalue weighted by Crippen LogP contribution is -2.66. The fourth-order valence-electron chi connectivity index (χ4n) is 10.1. The molecule has 3 heterocycles. The van der Waals surface area contributed by atoms with Crippen LogP contribution in [0.3, 0.4) is 0 Å². The van der Waals surface area contributed by atoms with E-state index in [0.29, 0.717) is 26.1 Å². The highest BCUT2D eigenvalue weighted by molar-refractivity contribution is 5.72. The van der Waals surface area contributed by atoms with E-state index in [9.17, 15) is 33.9 Å². The number of esters is 5. The number of cyclic esters (lactones) is 1. The van der Waals surface area contributed by atoms with Gasteiger partial charge in [-0.05, 0) is 90.9 Å². The minimum Gasteiger partial charge on any atom is -0.466 e. The Kier molecular flexibility index (Phi) is 24.3. The number of benzene rings is 1. The molecule has 19 heteroatoms. The maximum Gasteiger partial charge on any atom is 0.309 e. The van der Waals surface area contributed by atoms with E-state index in [1.165, 1.54) is 26.5 Å². The SMILES string of the molecule is CCC(=O)O[C@@H]1CC(=O)OCCCN(CCCCc2ccccc2)C[C@H](OC(C)=O)[C@H](C)C[C@H](CC=O)[C@H](O[C@@H]2OC(C)[C@@H](O[C@H]3CC(C)(OC(C)=O)[C@@H](OC(=O)CC)C(C)O3)C(N(C)C)C2O)[C@H]1OC. The highest BCUT2D eigenvalue weighted by atomic mass is 16.7. The molecule has 3 aliphatic rings. The molecule has 0 bridgehead atoms. The standard InChI is InChI=1S/C52H82N2O17/c1-12-41(58)67-39-29-43(60)63-27-19-25-54(24-18-17-22-37-20-15-14-16-21-37)31-40(66-35(6)56)32(3)28-38(23-26-55)48(49(39)62-11)70-51-46(61)45(53(9)10)47(33(4)65-51)69-44-30-52(8,71-36(7)57)50(34(5)64-44)68-42(59)13-2/h14-16,20-21,26,32-34,38-40,44-51,61H,12-13,17-19,22-25,27-31H2,1-11H3/t32-,33?,34?,38+,39-,40+,44+,45?,46?,47-,48+,49+,50+,51+,52?/m1/s1. The van der Waals surface area contributed by atoms with E-state index in [0.717, 1.165) is 25.5 Å². The van der Waals surface area contributed by atoms with Crippen molar-refractivity contribution in [3.63, 3.8) is 0 Å². The molecule has 1 aromatic carbocycles. The number of aldehydes is 1. The number of ether oxygens (including phenoxy) is 10. The minimum absolute atomic E-state index is 0.0184. The van der Waals surface area contributed by atoms with Gasteiger partial charge < -0.3 is 62.2 Å². The monoisotopic (exact) mass is 1010 g/mol. The topological polar surface area (TPSA) is 221 Å². The second-order valence-electron chi connectivity index (χ2n) is 19.6. The average molecular weight is 1010 g/mol. The van der Waals surface area contributed by atoms with Crippen LogP contribution in [-0.2, 0) is 82.6 Å². The quantitative estimate of drug-likeness (QED) is 0.0856. The maximum atomic E-state index is 13.6. The average Bonchev–Trinajstić information content (AvgIpc) is 3.30. The van der Waals surface area contributed by atoms with Crippen molar-refractivity contribution in [1.82, 2.24) is 9.80 Å². The number of hydrogen-bond acceptors (Lipinski definition) is 19. The lowest BCUT2D eigenvalue weighted by atomic mass is 9.82. The number of methoxy groups -OCH3 is 1. The Labute approximate surface area is 420 Å². The van der Waals surface area contributed by atoms with Gasteiger partial charge in [0.2, 0.25) is 0 Å². The van der Waals surface area contributed by atoms with Crippen LogP contribution in [0.2, 0.25) is 0 Å². The first-order valence-corrected chi connectivity index (χ1v) is 25.3. The van der Waals surface area contributed by atoms with Gasteiger partial charge in [-0.1, -0.05) is 51.1 Å². The number of rotatable bonds is 19. The summed E-state index contributed by atoms with van der Waals surface area (Å²) in [5, 5.41) is 12.4. The number of aliphatic hydroxyl groups excluding tert-OH is 1. The summed E-state index contributed by atoms with van der Waals surface area (Å²) in [6, 6.07) is 9.39. The zero-order chi connectivity index (χ0) is 52.4. The van der Waals surface area contributed by atoms with Gasteiger partial charge in [-0.3, -0.25) is 28.9 Å². The Morgan fingerprint density at radius 3 is 2.20 bits per heavy atom. The van der Waals surface area contributed by atoms with Crippen molar-refractivity contribution in [2.24, 2.45) is 11.8 Å². The predicted octanol–water partition coefficient (Wildman–Crippen LogP) is 4.73. The number of unbranched alkanes of at least 4 members (excludes halogenated alkanes) is 1. The van der Waals surface area contributed by atoms with Gasteiger partial charge in [-0.25, -0.2) is 0 Å². The molecule has 19 nitrogen and oxygen atoms in total. The third-order valence-corrected chi connectivity index (χ3v) is 13.6. The van der Waals surface area contributed by atoms with Crippen LogP contribution in [0.4, 0.5) is 0 Å². The Bertz CT molecular complexity index is 1840. The second kappa shape index (κ2) is 29.0. The van der Waals surface area contributed by atoms with E-state index < -0.39 is 121 Å². The van der Waals surface area contributed by atoms with Gasteiger partial charge in [0.1, 0.15) is 36.8 Å². The van der Waals surface area contributed by atoms with Crippen LogP contribution in [0.25, 0.3) is 0 Å². The number of nitrogens with zero attached hydrogens (tertiary/aromatic N) is 2. The zero-order valence-corrected chi connectivity index (χ0v) is 43.8. The van der Waals surface area contributed by atoms with E-state index in [2.05, 4.69) is 17.0 Å². The van der Waals surface area contributed by atoms with E-state index >= 15 is 0 Å². The molecule has 71 heavy (non-hydrogen) atoms. The van der Waals surface area contributed by atoms with Gasteiger partial charge in [0.05, 0.1) is 37.4 Å². The van der Waals surface area contributed by atoms with Crippen LogP contribution in [0.5, 0.6) is 0 Å². The first-order valence-electron chi connectivity index (χ1n) is 25.3. The van der Waals surface area contributed by atoms with Crippen molar-refractivity contribution in [3.8, 4) is 0 Å². The molecule has 3 aliphatic heterocycles. The van der Waals surface area contributed by atoms with Crippen molar-refractivity contribution in [2.45, 2.75) is 199 Å². The lowest BCUT2D eigenvalue weighted by molar-refractivity contribution is -0.344. The number of carbonyl (C=O) groups excluding carboxylic acids is 6.